The first-order chi connectivity index (χ1) is 14.5. The number of nitrogens with zero attached hydrogens (tertiary/aromatic N) is 2. The van der Waals surface area contributed by atoms with Gasteiger partial charge in [0.15, 0.2) is 16.0 Å². The molecule has 0 aliphatic rings. The quantitative estimate of drug-likeness (QED) is 0.395. The van der Waals surface area contributed by atoms with Crippen LogP contribution in [0.5, 0.6) is 0 Å². The van der Waals surface area contributed by atoms with Gasteiger partial charge in [-0.3, -0.25) is 9.59 Å². The highest BCUT2D eigenvalue weighted by atomic mass is 35.5. The van der Waals surface area contributed by atoms with Gasteiger partial charge >= 0.3 is 5.91 Å². The number of para-hydroxylation sites is 1. The molecule has 0 bridgehead atoms. The molecule has 4 rings (SSSR count). The van der Waals surface area contributed by atoms with Crippen molar-refractivity contribution >= 4 is 61.6 Å². The maximum atomic E-state index is 12.8. The van der Waals surface area contributed by atoms with Crippen molar-refractivity contribution in [2.75, 3.05) is 13.2 Å². The van der Waals surface area contributed by atoms with Gasteiger partial charge in [-0.1, -0.05) is 46.7 Å². The third-order valence-electron chi connectivity index (χ3n) is 4.44. The molecule has 4 aromatic rings. The fraction of sp³-hybridized carbons (Fsp3) is 0.190. The molecule has 0 fully saturated rings. The van der Waals surface area contributed by atoms with Crippen molar-refractivity contribution in [1.82, 2.24) is 4.57 Å². The lowest BCUT2D eigenvalue weighted by molar-refractivity contribution is 0.0971. The molecule has 0 unspecified atom stereocenters. The van der Waals surface area contributed by atoms with Gasteiger partial charge in [-0.2, -0.15) is 4.99 Å². The Morgan fingerprint density at radius 3 is 2.83 bits per heavy atom. The fourth-order valence-corrected chi connectivity index (χ4v) is 4.59. The van der Waals surface area contributed by atoms with Crippen LogP contribution in [0.25, 0.3) is 21.2 Å². The Bertz CT molecular complexity index is 1390. The summed E-state index contributed by atoms with van der Waals surface area (Å²) in [5.41, 5.74) is 0.713. The fourth-order valence-electron chi connectivity index (χ4n) is 3.05. The van der Waals surface area contributed by atoms with Gasteiger partial charge in [0.05, 0.1) is 32.3 Å². The average molecular weight is 463 g/mol. The minimum Gasteiger partial charge on any atom is -0.451 e. The van der Waals surface area contributed by atoms with Crippen molar-refractivity contribution in [2.24, 2.45) is 4.99 Å². The van der Waals surface area contributed by atoms with Crippen LogP contribution in [-0.4, -0.2) is 23.7 Å². The van der Waals surface area contributed by atoms with E-state index in [9.17, 15) is 9.59 Å². The van der Waals surface area contributed by atoms with Crippen LogP contribution >= 0.6 is 34.5 Å². The van der Waals surface area contributed by atoms with Crippen LogP contribution in [0.3, 0.4) is 0 Å². The van der Waals surface area contributed by atoms with Gasteiger partial charge < -0.3 is 13.7 Å². The van der Waals surface area contributed by atoms with E-state index in [0.29, 0.717) is 51.1 Å². The first kappa shape index (κ1) is 20.8. The molecule has 2 aromatic heterocycles. The monoisotopic (exact) mass is 462 g/mol. The van der Waals surface area contributed by atoms with Gasteiger partial charge in [-0.05, 0) is 31.2 Å². The highest BCUT2D eigenvalue weighted by Crippen LogP contribution is 2.32. The van der Waals surface area contributed by atoms with E-state index in [4.69, 9.17) is 32.4 Å². The molecule has 1 amide bonds. The summed E-state index contributed by atoms with van der Waals surface area (Å²) < 4.78 is 13.7. The molecule has 0 saturated carbocycles. The molecule has 0 aliphatic carbocycles. The van der Waals surface area contributed by atoms with Crippen molar-refractivity contribution < 1.29 is 13.9 Å². The molecule has 0 saturated heterocycles. The number of fused-ring (bicyclic) bond motifs is 2. The molecule has 6 nitrogen and oxygen atoms in total. The van der Waals surface area contributed by atoms with E-state index in [1.165, 1.54) is 11.3 Å². The summed E-state index contributed by atoms with van der Waals surface area (Å²) in [4.78, 5) is 29.8. The second-order valence-corrected chi connectivity index (χ2v) is 8.12. The Hall–Kier alpha value is -2.45. The van der Waals surface area contributed by atoms with Crippen LogP contribution in [0.1, 0.15) is 17.5 Å². The maximum absolute atomic E-state index is 12.8. The lowest BCUT2D eigenvalue weighted by atomic mass is 10.2. The number of carbonyl (C=O) groups excluding carboxylic acids is 1. The van der Waals surface area contributed by atoms with Crippen LogP contribution in [0.4, 0.5) is 0 Å². The standard InChI is InChI=1S/C21H16Cl2N2O4S/c1-2-28-10-9-25-19-17(8-7-13(22)18(19)23)30-21(25)24-20(27)16-11-14(26)12-5-3-4-6-15(12)29-16/h3-8,11H,2,9-10H2,1H3. The molecule has 154 valence electrons. The Kier molecular flexibility index (Phi) is 6.06. The third kappa shape index (κ3) is 3.94. The molecule has 9 heteroatoms. The molecule has 0 spiro atoms. The highest BCUT2D eigenvalue weighted by molar-refractivity contribution is 7.16. The van der Waals surface area contributed by atoms with Gasteiger partial charge in [-0.25, -0.2) is 0 Å². The molecule has 2 heterocycles. The average Bonchev–Trinajstić information content (AvgIpc) is 3.08. The van der Waals surface area contributed by atoms with E-state index in [1.54, 1.807) is 34.9 Å². The molecule has 0 N–H and O–H groups in total. The van der Waals surface area contributed by atoms with Crippen molar-refractivity contribution in [1.29, 1.82) is 0 Å². The first-order valence-electron chi connectivity index (χ1n) is 9.16. The second-order valence-electron chi connectivity index (χ2n) is 6.33. The Balaban J connectivity index is 1.85. The second kappa shape index (κ2) is 8.73. The van der Waals surface area contributed by atoms with Gasteiger partial charge in [-0.15, -0.1) is 0 Å². The van der Waals surface area contributed by atoms with Crippen LogP contribution in [0.2, 0.25) is 10.0 Å². The van der Waals surface area contributed by atoms with Crippen molar-refractivity contribution in [3.63, 3.8) is 0 Å². The molecule has 30 heavy (non-hydrogen) atoms. The van der Waals surface area contributed by atoms with E-state index in [-0.39, 0.29) is 11.2 Å². The van der Waals surface area contributed by atoms with E-state index < -0.39 is 5.91 Å². The summed E-state index contributed by atoms with van der Waals surface area (Å²) in [6.45, 7) is 3.31. The predicted octanol–water partition coefficient (Wildman–Crippen LogP) is 4.89. The van der Waals surface area contributed by atoms with Gasteiger partial charge in [0.25, 0.3) is 0 Å². The Morgan fingerprint density at radius 1 is 1.23 bits per heavy atom. The zero-order valence-electron chi connectivity index (χ0n) is 15.9. The first-order valence-corrected chi connectivity index (χ1v) is 10.7. The number of ether oxygens (including phenoxy) is 1. The van der Waals surface area contributed by atoms with Crippen LogP contribution in [0, 0.1) is 0 Å². The van der Waals surface area contributed by atoms with E-state index >= 15 is 0 Å². The largest absolute Gasteiger partial charge is 0.451 e. The minimum atomic E-state index is -0.656. The van der Waals surface area contributed by atoms with Crippen LogP contribution < -0.4 is 10.2 Å². The molecular weight excluding hydrogens is 447 g/mol. The summed E-state index contributed by atoms with van der Waals surface area (Å²) >= 11 is 13.9. The normalized spacial score (nSPS) is 12.2. The number of thiazole rings is 1. The van der Waals surface area contributed by atoms with E-state index in [0.717, 1.165) is 10.8 Å². The number of hydrogen-bond acceptors (Lipinski definition) is 5. The number of hydrogen-bond donors (Lipinski definition) is 0. The smallest absolute Gasteiger partial charge is 0.315 e. The van der Waals surface area contributed by atoms with Crippen molar-refractivity contribution in [3.05, 3.63) is 73.3 Å². The molecule has 2 aromatic carbocycles. The van der Waals surface area contributed by atoms with Crippen molar-refractivity contribution in [3.8, 4) is 0 Å². The number of aromatic nitrogens is 1. The number of benzene rings is 2. The van der Waals surface area contributed by atoms with Gasteiger partial charge in [0.2, 0.25) is 0 Å². The van der Waals surface area contributed by atoms with Crippen LogP contribution in [0.15, 0.2) is 56.7 Å². The lowest BCUT2D eigenvalue weighted by Gasteiger charge is -2.07. The molecule has 0 atom stereocenters. The number of rotatable bonds is 5. The summed E-state index contributed by atoms with van der Waals surface area (Å²) in [5.74, 6) is -0.784. The number of amides is 1. The van der Waals surface area contributed by atoms with Crippen molar-refractivity contribution in [2.45, 2.75) is 13.5 Å². The van der Waals surface area contributed by atoms with Gasteiger partial charge in [0, 0.05) is 19.2 Å². The van der Waals surface area contributed by atoms with Gasteiger partial charge in [0.1, 0.15) is 5.58 Å². The lowest BCUT2D eigenvalue weighted by Crippen LogP contribution is -2.20. The molecular formula is C21H16Cl2N2O4S. The summed E-state index contributed by atoms with van der Waals surface area (Å²) in [5, 5.41) is 1.20. The zero-order valence-corrected chi connectivity index (χ0v) is 18.2. The third-order valence-corrected chi connectivity index (χ3v) is 6.28. The van der Waals surface area contributed by atoms with E-state index in [1.807, 2.05) is 13.0 Å². The van der Waals surface area contributed by atoms with E-state index in [2.05, 4.69) is 4.99 Å². The summed E-state index contributed by atoms with van der Waals surface area (Å²) in [6, 6.07) is 11.4. The predicted molar refractivity (Wildman–Crippen MR) is 119 cm³/mol. The topological polar surface area (TPSA) is 73.8 Å². The highest BCUT2D eigenvalue weighted by Gasteiger charge is 2.16. The SMILES string of the molecule is CCOCCn1c(=NC(=O)c2cc(=O)c3ccccc3o2)sc2ccc(Cl)c(Cl)c21. The molecule has 0 aliphatic heterocycles. The summed E-state index contributed by atoms with van der Waals surface area (Å²) in [7, 11) is 0. The maximum Gasteiger partial charge on any atom is 0.315 e. The molecule has 0 radical (unpaired) electrons. The summed E-state index contributed by atoms with van der Waals surface area (Å²) in [6.07, 6.45) is 0. The zero-order chi connectivity index (χ0) is 21.3. The Morgan fingerprint density at radius 2 is 2.03 bits per heavy atom. The number of carbonyl (C=O) groups is 1. The van der Waals surface area contributed by atoms with Crippen LogP contribution in [-0.2, 0) is 11.3 Å². The number of halogens is 2. The minimum absolute atomic E-state index is 0.128. The Labute approximate surface area is 184 Å².